The zero-order chi connectivity index (χ0) is 14.8. The van der Waals surface area contributed by atoms with Gasteiger partial charge in [-0.3, -0.25) is 4.79 Å². The molecule has 2 aliphatic rings. The van der Waals surface area contributed by atoms with E-state index in [4.69, 9.17) is 0 Å². The number of likely N-dealkylation sites (tertiary alicyclic amines) is 1. The average molecular weight is 355 g/mol. The van der Waals surface area contributed by atoms with Gasteiger partial charge in [-0.1, -0.05) is 15.9 Å². The fraction of sp³-hybridized carbons (Fsp3) is 0.562. The fourth-order valence-corrected chi connectivity index (χ4v) is 3.79. The lowest BCUT2D eigenvalue weighted by Crippen LogP contribution is -2.43. The van der Waals surface area contributed by atoms with Gasteiger partial charge in [0, 0.05) is 23.6 Å². The molecule has 1 aromatic rings. The maximum absolute atomic E-state index is 13.9. The maximum Gasteiger partial charge on any atom is 0.256 e. The number of carbonyl (C=O) groups excluding carboxylic acids is 1. The minimum atomic E-state index is -0.450. The molecule has 5 heteroatoms. The Hall–Kier alpha value is -0.940. The molecule has 0 bridgehead atoms. The molecule has 0 saturated carbocycles. The molecule has 0 aliphatic carbocycles. The molecular formula is C16H20BrFN2O. The number of nitrogens with one attached hydrogen (secondary N) is 1. The van der Waals surface area contributed by atoms with Crippen molar-refractivity contribution in [1.29, 1.82) is 0 Å². The Bertz CT molecular complexity index is 523. The average Bonchev–Trinajstić information content (AvgIpc) is 3.01. The van der Waals surface area contributed by atoms with E-state index in [0.29, 0.717) is 16.4 Å². The van der Waals surface area contributed by atoms with Gasteiger partial charge < -0.3 is 10.2 Å². The van der Waals surface area contributed by atoms with E-state index in [2.05, 4.69) is 21.2 Å². The van der Waals surface area contributed by atoms with Crippen molar-refractivity contribution < 1.29 is 9.18 Å². The van der Waals surface area contributed by atoms with Gasteiger partial charge in [0.25, 0.3) is 5.91 Å². The molecule has 114 valence electrons. The largest absolute Gasteiger partial charge is 0.339 e. The molecule has 0 radical (unpaired) electrons. The molecule has 2 saturated heterocycles. The normalized spacial score (nSPS) is 23.5. The van der Waals surface area contributed by atoms with E-state index in [1.807, 2.05) is 0 Å². The van der Waals surface area contributed by atoms with Gasteiger partial charge in [0.2, 0.25) is 0 Å². The van der Waals surface area contributed by atoms with Gasteiger partial charge in [-0.25, -0.2) is 4.39 Å². The van der Waals surface area contributed by atoms with Crippen molar-refractivity contribution in [2.45, 2.75) is 31.7 Å². The van der Waals surface area contributed by atoms with Crippen LogP contribution in [0.1, 0.15) is 36.0 Å². The fourth-order valence-electron chi connectivity index (χ4n) is 3.45. The van der Waals surface area contributed by atoms with Gasteiger partial charge in [0.1, 0.15) is 5.82 Å². The van der Waals surface area contributed by atoms with Gasteiger partial charge in [0.15, 0.2) is 0 Å². The number of benzene rings is 1. The van der Waals surface area contributed by atoms with Gasteiger partial charge in [0.05, 0.1) is 5.56 Å². The third-order valence-corrected chi connectivity index (χ3v) is 5.15. The molecule has 3 rings (SSSR count). The highest BCUT2D eigenvalue weighted by molar-refractivity contribution is 9.10. The lowest BCUT2D eigenvalue weighted by atomic mass is 9.88. The summed E-state index contributed by atoms with van der Waals surface area (Å²) in [6.45, 7) is 2.59. The lowest BCUT2D eigenvalue weighted by Gasteiger charge is -2.35. The predicted octanol–water partition coefficient (Wildman–Crippen LogP) is 3.19. The zero-order valence-corrected chi connectivity index (χ0v) is 13.5. The van der Waals surface area contributed by atoms with E-state index in [1.165, 1.54) is 18.9 Å². The first-order chi connectivity index (χ1) is 10.1. The Kier molecular flexibility index (Phi) is 4.60. The predicted molar refractivity (Wildman–Crippen MR) is 83.8 cm³/mol. The molecule has 21 heavy (non-hydrogen) atoms. The van der Waals surface area contributed by atoms with Crippen LogP contribution in [0.25, 0.3) is 0 Å². The number of carbonyl (C=O) groups is 1. The van der Waals surface area contributed by atoms with E-state index in [9.17, 15) is 9.18 Å². The third-order valence-electron chi connectivity index (χ3n) is 4.66. The van der Waals surface area contributed by atoms with Crippen LogP contribution < -0.4 is 5.32 Å². The molecule has 1 N–H and O–H groups in total. The first kappa shape index (κ1) is 15.0. The highest BCUT2D eigenvalue weighted by atomic mass is 79.9. The van der Waals surface area contributed by atoms with Crippen LogP contribution in [-0.4, -0.2) is 36.5 Å². The Morgan fingerprint density at radius 3 is 2.67 bits per heavy atom. The number of piperidine rings is 1. The van der Waals surface area contributed by atoms with Gasteiger partial charge in [-0.15, -0.1) is 0 Å². The smallest absolute Gasteiger partial charge is 0.256 e. The van der Waals surface area contributed by atoms with Gasteiger partial charge in [-0.2, -0.15) is 0 Å². The molecule has 1 atom stereocenters. The first-order valence-electron chi connectivity index (χ1n) is 7.63. The SMILES string of the molecule is O=C(c1ccc(Br)cc1F)N1CCC(C2CCCN2)CC1. The summed E-state index contributed by atoms with van der Waals surface area (Å²) >= 11 is 3.22. The van der Waals surface area contributed by atoms with Crippen molar-refractivity contribution in [2.24, 2.45) is 5.92 Å². The summed E-state index contributed by atoms with van der Waals surface area (Å²) in [6.07, 6.45) is 4.54. The van der Waals surface area contributed by atoms with Gasteiger partial charge >= 0.3 is 0 Å². The molecule has 0 aromatic heterocycles. The summed E-state index contributed by atoms with van der Waals surface area (Å²) in [5.74, 6) is 0.0260. The first-order valence-corrected chi connectivity index (χ1v) is 8.42. The minimum Gasteiger partial charge on any atom is -0.339 e. The van der Waals surface area contributed by atoms with Crippen LogP contribution in [0.4, 0.5) is 4.39 Å². The summed E-state index contributed by atoms with van der Waals surface area (Å²) < 4.78 is 14.5. The van der Waals surface area contributed by atoms with E-state index in [1.54, 1.807) is 17.0 Å². The molecule has 3 nitrogen and oxygen atoms in total. The van der Waals surface area contributed by atoms with Crippen LogP contribution in [0.15, 0.2) is 22.7 Å². The molecule has 1 amide bonds. The standard InChI is InChI=1S/C16H20BrFN2O/c17-12-3-4-13(14(18)10-12)16(21)20-8-5-11(6-9-20)15-2-1-7-19-15/h3-4,10-11,15,19H,1-2,5-9H2. The highest BCUT2D eigenvalue weighted by Gasteiger charge is 2.30. The van der Waals surface area contributed by atoms with Gasteiger partial charge in [-0.05, 0) is 56.3 Å². The summed E-state index contributed by atoms with van der Waals surface area (Å²) in [5, 5.41) is 3.55. The molecule has 2 aliphatic heterocycles. The zero-order valence-electron chi connectivity index (χ0n) is 11.9. The van der Waals surface area contributed by atoms with Crippen LogP contribution >= 0.6 is 15.9 Å². The second-order valence-corrected chi connectivity index (χ2v) is 6.87. The number of rotatable bonds is 2. The number of amides is 1. The van der Waals surface area contributed by atoms with Crippen molar-refractivity contribution >= 4 is 21.8 Å². The maximum atomic E-state index is 13.9. The van der Waals surface area contributed by atoms with Crippen molar-refractivity contribution in [1.82, 2.24) is 10.2 Å². The molecule has 1 aromatic carbocycles. The monoisotopic (exact) mass is 354 g/mol. The highest BCUT2D eigenvalue weighted by Crippen LogP contribution is 2.27. The van der Waals surface area contributed by atoms with Crippen molar-refractivity contribution in [3.05, 3.63) is 34.1 Å². The van der Waals surface area contributed by atoms with E-state index < -0.39 is 5.82 Å². The number of halogens is 2. The summed E-state index contributed by atoms with van der Waals surface area (Å²) in [6, 6.07) is 5.24. The summed E-state index contributed by atoms with van der Waals surface area (Å²) in [4.78, 5) is 14.2. The van der Waals surface area contributed by atoms with Crippen molar-refractivity contribution in [2.75, 3.05) is 19.6 Å². The quantitative estimate of drug-likeness (QED) is 0.884. The minimum absolute atomic E-state index is 0.177. The van der Waals surface area contributed by atoms with Crippen LogP contribution in [0.3, 0.4) is 0 Å². The van der Waals surface area contributed by atoms with Crippen LogP contribution in [-0.2, 0) is 0 Å². The molecule has 2 fully saturated rings. The number of hydrogen-bond donors (Lipinski definition) is 1. The second-order valence-electron chi connectivity index (χ2n) is 5.96. The van der Waals surface area contributed by atoms with E-state index in [-0.39, 0.29) is 11.5 Å². The van der Waals surface area contributed by atoms with E-state index in [0.717, 1.165) is 32.5 Å². The molecule has 1 unspecified atom stereocenters. The van der Waals surface area contributed by atoms with Crippen molar-refractivity contribution in [3.63, 3.8) is 0 Å². The summed E-state index contributed by atoms with van der Waals surface area (Å²) in [5.41, 5.74) is 0.177. The Labute approximate surface area is 133 Å². The second kappa shape index (κ2) is 6.44. The molecule has 0 spiro atoms. The Morgan fingerprint density at radius 2 is 2.05 bits per heavy atom. The third kappa shape index (κ3) is 3.29. The Balaban J connectivity index is 1.62. The van der Waals surface area contributed by atoms with Crippen LogP contribution in [0.5, 0.6) is 0 Å². The number of nitrogens with zero attached hydrogens (tertiary/aromatic N) is 1. The van der Waals surface area contributed by atoms with Crippen LogP contribution in [0, 0.1) is 11.7 Å². The van der Waals surface area contributed by atoms with Crippen molar-refractivity contribution in [3.8, 4) is 0 Å². The lowest BCUT2D eigenvalue weighted by molar-refractivity contribution is 0.0669. The van der Waals surface area contributed by atoms with Crippen LogP contribution in [0.2, 0.25) is 0 Å². The Morgan fingerprint density at radius 1 is 1.29 bits per heavy atom. The number of hydrogen-bond acceptors (Lipinski definition) is 2. The molecular weight excluding hydrogens is 335 g/mol. The summed E-state index contributed by atoms with van der Waals surface area (Å²) in [7, 11) is 0. The topological polar surface area (TPSA) is 32.3 Å². The van der Waals surface area contributed by atoms with E-state index >= 15 is 0 Å². The molecule has 2 heterocycles.